The van der Waals surface area contributed by atoms with Crippen molar-refractivity contribution < 1.29 is 9.21 Å². The van der Waals surface area contributed by atoms with Crippen LogP contribution in [0.5, 0.6) is 0 Å². The number of nitrogens with zero attached hydrogens (tertiary/aromatic N) is 1. The summed E-state index contributed by atoms with van der Waals surface area (Å²) in [5.74, 6) is 1.75. The molecule has 0 atom stereocenters. The minimum absolute atomic E-state index is 0.264. The van der Waals surface area contributed by atoms with Gasteiger partial charge in [0.05, 0.1) is 6.54 Å². The van der Waals surface area contributed by atoms with E-state index in [1.807, 2.05) is 24.3 Å². The Morgan fingerprint density at radius 2 is 2.04 bits per heavy atom. The third-order valence-corrected chi connectivity index (χ3v) is 6.44. The fourth-order valence-electron chi connectivity index (χ4n) is 2.68. The van der Waals surface area contributed by atoms with E-state index in [1.165, 1.54) is 0 Å². The first-order valence-corrected chi connectivity index (χ1v) is 10.4. The van der Waals surface area contributed by atoms with Crippen LogP contribution in [0.15, 0.2) is 57.9 Å². The van der Waals surface area contributed by atoms with Crippen molar-refractivity contribution in [3.05, 3.63) is 64.9 Å². The van der Waals surface area contributed by atoms with Gasteiger partial charge in [-0.3, -0.25) is 9.79 Å². The Morgan fingerprint density at radius 1 is 1.23 bits per heavy atom. The molecule has 0 aliphatic carbocycles. The van der Waals surface area contributed by atoms with Crippen LogP contribution in [0.2, 0.25) is 5.02 Å². The fourth-order valence-corrected chi connectivity index (χ4v) is 4.85. The summed E-state index contributed by atoms with van der Waals surface area (Å²) in [5, 5.41) is 4.47. The number of benzene rings is 2. The molecule has 0 unspecified atom stereocenters. The third-order valence-electron chi connectivity index (χ3n) is 3.90. The van der Waals surface area contributed by atoms with Crippen molar-refractivity contribution in [2.24, 2.45) is 4.99 Å². The Bertz CT molecular complexity index is 983. The van der Waals surface area contributed by atoms with E-state index in [4.69, 9.17) is 16.0 Å². The average molecular weight is 403 g/mol. The molecule has 1 N–H and O–H groups in total. The molecule has 132 valence electrons. The maximum Gasteiger partial charge on any atom is 0.291 e. The Hall–Kier alpha value is -1.89. The van der Waals surface area contributed by atoms with Gasteiger partial charge >= 0.3 is 0 Å². The van der Waals surface area contributed by atoms with E-state index >= 15 is 0 Å². The van der Waals surface area contributed by atoms with Crippen molar-refractivity contribution in [1.82, 2.24) is 0 Å². The number of hydrogen-bond acceptors (Lipinski definition) is 5. The molecule has 0 fully saturated rings. The molecule has 3 aromatic rings. The molecule has 0 spiro atoms. The van der Waals surface area contributed by atoms with Gasteiger partial charge in [0.1, 0.15) is 9.96 Å². The number of halogens is 1. The first kappa shape index (κ1) is 17.5. The van der Waals surface area contributed by atoms with Crippen molar-refractivity contribution in [3.63, 3.8) is 0 Å². The molecule has 2 heterocycles. The van der Waals surface area contributed by atoms with Crippen LogP contribution in [-0.4, -0.2) is 22.6 Å². The van der Waals surface area contributed by atoms with Crippen LogP contribution >= 0.6 is 35.1 Å². The summed E-state index contributed by atoms with van der Waals surface area (Å²) in [6.45, 7) is 0.864. The maximum atomic E-state index is 12.8. The highest BCUT2D eigenvalue weighted by Crippen LogP contribution is 2.33. The van der Waals surface area contributed by atoms with E-state index in [0.717, 1.165) is 27.6 Å². The zero-order valence-corrected chi connectivity index (χ0v) is 16.1. The number of anilines is 1. The highest BCUT2D eigenvalue weighted by atomic mass is 35.5. The molecule has 0 bridgehead atoms. The van der Waals surface area contributed by atoms with Gasteiger partial charge in [0, 0.05) is 33.2 Å². The predicted octanol–water partition coefficient (Wildman–Crippen LogP) is 5.67. The second kappa shape index (κ2) is 7.78. The fraction of sp³-hybridized carbons (Fsp3) is 0.158. The number of thioether (sulfide) groups is 2. The highest BCUT2D eigenvalue weighted by Gasteiger charge is 2.21. The molecule has 7 heteroatoms. The van der Waals surface area contributed by atoms with Gasteiger partial charge in [0.25, 0.3) is 5.91 Å². The van der Waals surface area contributed by atoms with Crippen LogP contribution in [0.4, 0.5) is 5.69 Å². The molecular weight excluding hydrogens is 388 g/mol. The molecule has 2 aromatic carbocycles. The van der Waals surface area contributed by atoms with Gasteiger partial charge in [-0.1, -0.05) is 53.3 Å². The largest absolute Gasteiger partial charge is 0.451 e. The van der Waals surface area contributed by atoms with Gasteiger partial charge in [0.2, 0.25) is 0 Å². The lowest BCUT2D eigenvalue weighted by atomic mass is 10.1. The van der Waals surface area contributed by atoms with Crippen molar-refractivity contribution in [2.75, 3.05) is 17.6 Å². The number of rotatable bonds is 4. The number of furan rings is 1. The lowest BCUT2D eigenvalue weighted by Crippen LogP contribution is -2.12. The number of hydrogen-bond donors (Lipinski definition) is 1. The normalized spacial score (nSPS) is 13.8. The first-order chi connectivity index (χ1) is 12.7. The van der Waals surface area contributed by atoms with Crippen LogP contribution < -0.4 is 5.32 Å². The van der Waals surface area contributed by atoms with E-state index in [1.54, 1.807) is 47.8 Å². The number of para-hydroxylation sites is 1. The lowest BCUT2D eigenvalue weighted by Gasteiger charge is -2.06. The Labute approximate surface area is 164 Å². The van der Waals surface area contributed by atoms with Crippen LogP contribution in [0.25, 0.3) is 11.0 Å². The number of carbonyl (C=O) groups is 1. The molecule has 1 aromatic heterocycles. The number of aliphatic imine (C=N–C) groups is 1. The van der Waals surface area contributed by atoms with Gasteiger partial charge in [-0.25, -0.2) is 0 Å². The van der Waals surface area contributed by atoms with Gasteiger partial charge in [-0.2, -0.15) is 0 Å². The molecular formula is C19H15ClN2O2S2. The third kappa shape index (κ3) is 3.77. The van der Waals surface area contributed by atoms with E-state index in [-0.39, 0.29) is 5.91 Å². The van der Waals surface area contributed by atoms with Gasteiger partial charge in [-0.15, -0.1) is 0 Å². The van der Waals surface area contributed by atoms with Crippen molar-refractivity contribution in [1.29, 1.82) is 0 Å². The molecule has 1 aliphatic rings. The highest BCUT2D eigenvalue weighted by molar-refractivity contribution is 8.38. The molecule has 1 amide bonds. The Morgan fingerprint density at radius 3 is 2.81 bits per heavy atom. The molecule has 4 rings (SSSR count). The van der Waals surface area contributed by atoms with E-state index in [0.29, 0.717) is 27.8 Å². The van der Waals surface area contributed by atoms with Crippen molar-refractivity contribution in [3.8, 4) is 0 Å². The molecule has 0 saturated carbocycles. The predicted molar refractivity (Wildman–Crippen MR) is 112 cm³/mol. The zero-order valence-electron chi connectivity index (χ0n) is 13.7. The molecule has 26 heavy (non-hydrogen) atoms. The second-order valence-electron chi connectivity index (χ2n) is 5.65. The summed E-state index contributed by atoms with van der Waals surface area (Å²) in [4.78, 5) is 17.3. The van der Waals surface area contributed by atoms with E-state index < -0.39 is 0 Å². The maximum absolute atomic E-state index is 12.8. The van der Waals surface area contributed by atoms with Crippen LogP contribution in [0.1, 0.15) is 16.1 Å². The molecule has 0 radical (unpaired) electrons. The minimum Gasteiger partial charge on any atom is -0.451 e. The van der Waals surface area contributed by atoms with Gasteiger partial charge in [0.15, 0.2) is 5.76 Å². The molecule has 1 aliphatic heterocycles. The van der Waals surface area contributed by atoms with E-state index in [2.05, 4.69) is 10.3 Å². The van der Waals surface area contributed by atoms with Gasteiger partial charge < -0.3 is 9.73 Å². The smallest absolute Gasteiger partial charge is 0.291 e. The Balaban J connectivity index is 1.63. The van der Waals surface area contributed by atoms with E-state index in [9.17, 15) is 4.79 Å². The van der Waals surface area contributed by atoms with Crippen molar-refractivity contribution in [2.45, 2.75) is 5.75 Å². The number of amides is 1. The molecule has 4 nitrogen and oxygen atoms in total. The number of nitrogens with one attached hydrogen (secondary N) is 1. The zero-order chi connectivity index (χ0) is 17.9. The quantitative estimate of drug-likeness (QED) is 0.610. The minimum atomic E-state index is -0.264. The number of carbonyl (C=O) groups excluding carboxylic acids is 1. The SMILES string of the molecule is O=C(Nc1ccc(Cl)cc1)c1oc2ccccc2c1CSC1=NCCS1. The van der Waals surface area contributed by atoms with Crippen LogP contribution in [0, 0.1) is 0 Å². The number of fused-ring (bicyclic) bond motifs is 1. The summed E-state index contributed by atoms with van der Waals surface area (Å²) >= 11 is 9.31. The van der Waals surface area contributed by atoms with Gasteiger partial charge in [-0.05, 0) is 30.3 Å². The summed E-state index contributed by atoms with van der Waals surface area (Å²) in [6.07, 6.45) is 0. The average Bonchev–Trinajstić information content (AvgIpc) is 3.29. The summed E-state index contributed by atoms with van der Waals surface area (Å²) in [5.41, 5.74) is 2.28. The standard InChI is InChI=1S/C19H15ClN2O2S2/c20-12-5-7-13(8-6-12)22-18(23)17-15(11-26-19-21-9-10-25-19)14-3-1-2-4-16(14)24-17/h1-8H,9-11H2,(H,22,23). The summed E-state index contributed by atoms with van der Waals surface area (Å²) in [6, 6.07) is 14.7. The second-order valence-corrected chi connectivity index (χ2v) is 8.39. The van der Waals surface area contributed by atoms with Crippen molar-refractivity contribution >= 4 is 62.1 Å². The van der Waals surface area contributed by atoms with Crippen LogP contribution in [-0.2, 0) is 5.75 Å². The summed E-state index contributed by atoms with van der Waals surface area (Å²) in [7, 11) is 0. The van der Waals surface area contributed by atoms with Crippen LogP contribution in [0.3, 0.4) is 0 Å². The summed E-state index contributed by atoms with van der Waals surface area (Å²) < 4.78 is 6.94. The topological polar surface area (TPSA) is 54.6 Å². The monoisotopic (exact) mass is 402 g/mol. The lowest BCUT2D eigenvalue weighted by molar-refractivity contribution is 0.0998. The first-order valence-electron chi connectivity index (χ1n) is 8.08. The Kier molecular flexibility index (Phi) is 5.24. The molecule has 0 saturated heterocycles.